The molecule has 1 unspecified atom stereocenters. The van der Waals surface area contributed by atoms with E-state index >= 15 is 0 Å². The van der Waals surface area contributed by atoms with Gasteiger partial charge in [0, 0.05) is 19.7 Å². The summed E-state index contributed by atoms with van der Waals surface area (Å²) in [5.74, 6) is 0.244. The van der Waals surface area contributed by atoms with Gasteiger partial charge in [-0.3, -0.25) is 14.9 Å². The number of anilines is 1. The van der Waals surface area contributed by atoms with Gasteiger partial charge in [-0.2, -0.15) is 0 Å². The first-order valence-electron chi connectivity index (χ1n) is 6.72. The van der Waals surface area contributed by atoms with Crippen LogP contribution in [-0.4, -0.2) is 30.6 Å². The van der Waals surface area contributed by atoms with Crippen LogP contribution in [-0.2, 0) is 9.53 Å². The summed E-state index contributed by atoms with van der Waals surface area (Å²) in [6.07, 6.45) is 1.54. The second-order valence-corrected chi connectivity index (χ2v) is 5.57. The molecule has 0 N–H and O–H groups in total. The third-order valence-corrected chi connectivity index (χ3v) is 3.86. The Morgan fingerprint density at radius 1 is 1.57 bits per heavy atom. The number of carbonyl (C=O) groups is 1. The fourth-order valence-electron chi connectivity index (χ4n) is 2.01. The minimum Gasteiger partial charge on any atom is -0.372 e. The molecule has 7 heteroatoms. The number of carbonyl (C=O) groups excluding carboxylic acids is 1. The van der Waals surface area contributed by atoms with Crippen LogP contribution in [0, 0.1) is 16.0 Å². The number of hydrogen-bond donors (Lipinski definition) is 0. The molecule has 6 nitrogen and oxygen atoms in total. The molecule has 114 valence electrons. The molecule has 1 amide bonds. The van der Waals surface area contributed by atoms with Crippen molar-refractivity contribution in [3.63, 3.8) is 0 Å². The molecule has 0 saturated heterocycles. The van der Waals surface area contributed by atoms with Crippen LogP contribution >= 0.6 is 11.6 Å². The van der Waals surface area contributed by atoms with Crippen LogP contribution in [0.2, 0.25) is 5.02 Å². The van der Waals surface area contributed by atoms with Gasteiger partial charge in [-0.05, 0) is 37.8 Å². The summed E-state index contributed by atoms with van der Waals surface area (Å²) in [6, 6.07) is 4.41. The second-order valence-electron chi connectivity index (χ2n) is 5.16. The molecule has 1 saturated carbocycles. The Morgan fingerprint density at radius 3 is 2.76 bits per heavy atom. The number of halogens is 1. The highest BCUT2D eigenvalue weighted by Gasteiger charge is 2.30. The zero-order chi connectivity index (χ0) is 15.6. The number of benzene rings is 1. The predicted molar refractivity (Wildman–Crippen MR) is 79.7 cm³/mol. The molecule has 1 atom stereocenters. The van der Waals surface area contributed by atoms with Crippen LogP contribution < -0.4 is 4.90 Å². The minimum absolute atomic E-state index is 0.0577. The lowest BCUT2D eigenvalue weighted by Gasteiger charge is -2.25. The van der Waals surface area contributed by atoms with Crippen LogP contribution in [0.1, 0.15) is 19.8 Å². The van der Waals surface area contributed by atoms with Gasteiger partial charge in [-0.25, -0.2) is 0 Å². The van der Waals surface area contributed by atoms with Crippen molar-refractivity contribution in [2.75, 3.05) is 18.6 Å². The quantitative estimate of drug-likeness (QED) is 0.598. The first-order valence-corrected chi connectivity index (χ1v) is 7.10. The largest absolute Gasteiger partial charge is 0.372 e. The molecule has 1 aromatic carbocycles. The van der Waals surface area contributed by atoms with Crippen LogP contribution in [0.4, 0.5) is 11.4 Å². The van der Waals surface area contributed by atoms with E-state index in [9.17, 15) is 14.9 Å². The van der Waals surface area contributed by atoms with E-state index in [0.29, 0.717) is 18.2 Å². The summed E-state index contributed by atoms with van der Waals surface area (Å²) < 4.78 is 5.07. The van der Waals surface area contributed by atoms with Crippen molar-refractivity contribution >= 4 is 28.9 Å². The molecule has 21 heavy (non-hydrogen) atoms. The van der Waals surface area contributed by atoms with E-state index in [1.807, 2.05) is 0 Å². The molecule has 1 aliphatic carbocycles. The summed E-state index contributed by atoms with van der Waals surface area (Å²) in [4.78, 5) is 24.4. The van der Waals surface area contributed by atoms with Crippen molar-refractivity contribution in [1.82, 2.24) is 0 Å². The van der Waals surface area contributed by atoms with E-state index in [2.05, 4.69) is 0 Å². The normalized spacial score (nSPS) is 15.6. The third-order valence-electron chi connectivity index (χ3n) is 3.54. The van der Waals surface area contributed by atoms with Crippen LogP contribution in [0.3, 0.4) is 0 Å². The van der Waals surface area contributed by atoms with Gasteiger partial charge in [0.25, 0.3) is 11.6 Å². The fourth-order valence-corrected chi connectivity index (χ4v) is 2.20. The molecule has 2 rings (SSSR count). The highest BCUT2D eigenvalue weighted by Crippen LogP contribution is 2.34. The van der Waals surface area contributed by atoms with Gasteiger partial charge < -0.3 is 9.64 Å². The van der Waals surface area contributed by atoms with E-state index in [1.54, 1.807) is 17.9 Å². The molecule has 1 fully saturated rings. The summed E-state index contributed by atoms with van der Waals surface area (Å²) >= 11 is 5.81. The number of ether oxygens (including phenoxy) is 1. The maximum atomic E-state index is 12.4. The van der Waals surface area contributed by atoms with Gasteiger partial charge in [-0.15, -0.1) is 0 Å². The molecular weight excluding hydrogens is 296 g/mol. The van der Waals surface area contributed by atoms with Gasteiger partial charge in [-0.1, -0.05) is 11.6 Å². The number of rotatable bonds is 6. The molecule has 1 aromatic rings. The van der Waals surface area contributed by atoms with Gasteiger partial charge in [0.1, 0.15) is 11.1 Å². The van der Waals surface area contributed by atoms with Crippen LogP contribution in [0.5, 0.6) is 0 Å². The fraction of sp³-hybridized carbons (Fsp3) is 0.500. The number of nitro groups is 1. The number of nitro benzene ring substituents is 1. The Morgan fingerprint density at radius 2 is 2.24 bits per heavy atom. The maximum absolute atomic E-state index is 12.4. The lowest BCUT2D eigenvalue weighted by Crippen LogP contribution is -2.40. The van der Waals surface area contributed by atoms with E-state index in [0.717, 1.165) is 12.8 Å². The average molecular weight is 313 g/mol. The molecule has 0 bridgehead atoms. The summed E-state index contributed by atoms with van der Waals surface area (Å²) in [6.45, 7) is 2.21. The van der Waals surface area contributed by atoms with Crippen molar-refractivity contribution in [1.29, 1.82) is 0 Å². The van der Waals surface area contributed by atoms with Gasteiger partial charge in [0.05, 0.1) is 10.6 Å². The molecule has 0 aromatic heterocycles. The number of amides is 1. The molecule has 0 aliphatic heterocycles. The molecular formula is C14H17ClN2O4. The third kappa shape index (κ3) is 3.71. The Bertz CT molecular complexity index is 560. The second kappa shape index (κ2) is 6.41. The monoisotopic (exact) mass is 312 g/mol. The zero-order valence-corrected chi connectivity index (χ0v) is 12.7. The summed E-state index contributed by atoms with van der Waals surface area (Å²) in [7, 11) is 1.46. The van der Waals surface area contributed by atoms with E-state index in [1.165, 1.54) is 19.2 Å². The molecule has 0 heterocycles. The van der Waals surface area contributed by atoms with Crippen molar-refractivity contribution in [3.8, 4) is 0 Å². The zero-order valence-electron chi connectivity index (χ0n) is 11.9. The SMILES string of the molecule is COC(C)C(=O)N(CC1CC1)c1ccc(Cl)c([N+](=O)[O-])c1. The Hall–Kier alpha value is -1.66. The topological polar surface area (TPSA) is 72.7 Å². The van der Waals surface area contributed by atoms with Gasteiger partial charge in [0.2, 0.25) is 0 Å². The highest BCUT2D eigenvalue weighted by atomic mass is 35.5. The van der Waals surface area contributed by atoms with Gasteiger partial charge in [0.15, 0.2) is 0 Å². The van der Waals surface area contributed by atoms with Crippen LogP contribution in [0.15, 0.2) is 18.2 Å². The van der Waals surface area contributed by atoms with E-state index in [4.69, 9.17) is 16.3 Å². The van der Waals surface area contributed by atoms with E-state index in [-0.39, 0.29) is 16.6 Å². The Kier molecular flexibility index (Phi) is 4.80. The molecule has 1 aliphatic rings. The minimum atomic E-state index is -0.599. The van der Waals surface area contributed by atoms with Crippen molar-refractivity contribution in [2.24, 2.45) is 5.92 Å². The average Bonchev–Trinajstić information content (AvgIpc) is 3.27. The van der Waals surface area contributed by atoms with Crippen molar-refractivity contribution in [2.45, 2.75) is 25.9 Å². The number of hydrogen-bond acceptors (Lipinski definition) is 4. The first-order chi connectivity index (χ1) is 9.93. The lowest BCUT2D eigenvalue weighted by molar-refractivity contribution is -0.384. The number of nitrogens with zero attached hydrogens (tertiary/aromatic N) is 2. The van der Waals surface area contributed by atoms with Crippen molar-refractivity contribution < 1.29 is 14.5 Å². The maximum Gasteiger partial charge on any atom is 0.289 e. The number of methoxy groups -OCH3 is 1. The van der Waals surface area contributed by atoms with E-state index < -0.39 is 11.0 Å². The van der Waals surface area contributed by atoms with Gasteiger partial charge >= 0.3 is 0 Å². The molecule has 0 spiro atoms. The predicted octanol–water partition coefficient (Wildman–Crippen LogP) is 3.03. The Labute approximate surface area is 127 Å². The van der Waals surface area contributed by atoms with Crippen LogP contribution in [0.25, 0.3) is 0 Å². The lowest BCUT2D eigenvalue weighted by atomic mass is 10.2. The first kappa shape index (κ1) is 15.7. The molecule has 0 radical (unpaired) electrons. The summed E-state index contributed by atoms with van der Waals surface area (Å²) in [5, 5.41) is 11.0. The smallest absolute Gasteiger partial charge is 0.289 e. The summed E-state index contributed by atoms with van der Waals surface area (Å²) in [5.41, 5.74) is 0.278. The highest BCUT2D eigenvalue weighted by molar-refractivity contribution is 6.32. The standard InChI is InChI=1S/C14H17ClN2O4/c1-9(21-2)14(18)16(8-10-3-4-10)11-5-6-12(15)13(7-11)17(19)20/h5-7,9-10H,3-4,8H2,1-2H3. The Balaban J connectivity index is 2.33. The van der Waals surface area contributed by atoms with Crippen molar-refractivity contribution in [3.05, 3.63) is 33.3 Å².